The van der Waals surface area contributed by atoms with Gasteiger partial charge in [-0.05, 0) is 57.6 Å². The Kier molecular flexibility index (Phi) is 8.42. The van der Waals surface area contributed by atoms with Gasteiger partial charge in [0.05, 0.1) is 25.0 Å². The van der Waals surface area contributed by atoms with E-state index >= 15 is 0 Å². The van der Waals surface area contributed by atoms with Crippen molar-refractivity contribution in [1.82, 2.24) is 19.6 Å². The van der Waals surface area contributed by atoms with Gasteiger partial charge >= 0.3 is 6.09 Å². The monoisotopic (exact) mass is 587 g/mol. The third kappa shape index (κ3) is 5.59. The van der Waals surface area contributed by atoms with E-state index < -0.39 is 33.1 Å². The first-order chi connectivity index (χ1) is 19.7. The number of benzene rings is 1. The summed E-state index contributed by atoms with van der Waals surface area (Å²) in [6, 6.07) is 4.71. The number of ether oxygens (including phenoxy) is 2. The number of nitrogens with zero attached hydrogens (tertiary/aromatic N) is 5. The van der Waals surface area contributed by atoms with Crippen molar-refractivity contribution in [1.29, 1.82) is 5.26 Å². The normalized spacial score (nSPS) is 25.2. The number of carbonyl (C=O) groups excluding carboxylic acids is 3. The number of rotatable bonds is 8. The molecule has 0 spiro atoms. The molecule has 0 aromatic heterocycles. The van der Waals surface area contributed by atoms with Gasteiger partial charge in [-0.2, -0.15) is 5.26 Å². The molecular formula is C28H37N5O7S. The Morgan fingerprint density at radius 2 is 1.76 bits per heavy atom. The fourth-order valence-electron chi connectivity index (χ4n) is 6.23. The summed E-state index contributed by atoms with van der Waals surface area (Å²) in [4.78, 5) is 46.0. The van der Waals surface area contributed by atoms with Crippen LogP contribution in [0.25, 0.3) is 0 Å². The van der Waals surface area contributed by atoms with E-state index in [0.29, 0.717) is 58.3 Å². The van der Waals surface area contributed by atoms with Crippen molar-refractivity contribution < 1.29 is 32.3 Å². The van der Waals surface area contributed by atoms with E-state index in [1.165, 1.54) is 18.1 Å². The summed E-state index contributed by atoms with van der Waals surface area (Å²) in [5, 5.41) is 8.69. The molecule has 1 aliphatic carbocycles. The summed E-state index contributed by atoms with van der Waals surface area (Å²) in [6.45, 7) is 3.72. The molecule has 4 fully saturated rings. The van der Waals surface area contributed by atoms with Gasteiger partial charge in [0.25, 0.3) is 5.91 Å². The van der Waals surface area contributed by atoms with E-state index in [0.717, 1.165) is 4.90 Å². The number of sulfone groups is 1. The van der Waals surface area contributed by atoms with E-state index in [1.807, 2.05) is 6.19 Å². The quantitative estimate of drug-likeness (QED) is 0.328. The fourth-order valence-corrected chi connectivity index (χ4v) is 8.09. The predicted molar refractivity (Wildman–Crippen MR) is 146 cm³/mol. The number of para-hydroxylation sites is 1. The average molecular weight is 588 g/mol. The summed E-state index contributed by atoms with van der Waals surface area (Å²) in [7, 11) is -2.56. The minimum atomic E-state index is -3.95. The molecule has 1 aromatic rings. The van der Waals surface area contributed by atoms with Crippen LogP contribution in [0.5, 0.6) is 5.75 Å². The molecule has 0 radical (unpaired) electrons. The van der Waals surface area contributed by atoms with Gasteiger partial charge in [0.15, 0.2) is 16.0 Å². The molecule has 3 saturated heterocycles. The van der Waals surface area contributed by atoms with Crippen LogP contribution in [0.15, 0.2) is 29.2 Å². The van der Waals surface area contributed by atoms with E-state index in [2.05, 4.69) is 4.90 Å². The number of piperidine rings is 1. The van der Waals surface area contributed by atoms with Gasteiger partial charge in [-0.3, -0.25) is 14.5 Å². The van der Waals surface area contributed by atoms with Crippen LogP contribution in [0.1, 0.15) is 45.4 Å². The first-order valence-electron chi connectivity index (χ1n) is 14.3. The lowest BCUT2D eigenvalue weighted by Crippen LogP contribution is -2.63. The zero-order valence-corrected chi connectivity index (χ0v) is 24.3. The second kappa shape index (κ2) is 11.9. The Morgan fingerprint density at radius 1 is 1.05 bits per heavy atom. The van der Waals surface area contributed by atoms with Gasteiger partial charge in [-0.1, -0.05) is 12.1 Å². The van der Waals surface area contributed by atoms with E-state index in [1.54, 1.807) is 30.0 Å². The van der Waals surface area contributed by atoms with Crippen LogP contribution in [0, 0.1) is 11.5 Å². The fraction of sp³-hybridized carbons (Fsp3) is 0.643. The maximum Gasteiger partial charge on any atom is 0.409 e. The van der Waals surface area contributed by atoms with Gasteiger partial charge < -0.3 is 19.3 Å². The van der Waals surface area contributed by atoms with E-state index in [9.17, 15) is 28.1 Å². The molecule has 1 unspecified atom stereocenters. The number of hydrogen-bond acceptors (Lipinski definition) is 9. The number of nitriles is 1. The number of likely N-dealkylation sites (tertiary alicyclic amines) is 3. The standard InChI is InChI=1S/C28H37N5O7S/c1-3-40-28(36)30-13-10-20(11-14-30)31-15-12-22(31)26(34)32-17-21(16-23(32)27(35)33(18-29)19-8-9-19)41(37,38)25-7-5-4-6-24(25)39-2/h4-7,19-23H,3,8-17H2,1-2H3/t21-,22?,23+/m1/s1. The molecule has 0 N–H and O–H groups in total. The minimum Gasteiger partial charge on any atom is -0.495 e. The van der Waals surface area contributed by atoms with Crippen LogP contribution in [0.4, 0.5) is 4.79 Å². The molecule has 1 saturated carbocycles. The van der Waals surface area contributed by atoms with Gasteiger partial charge in [0.1, 0.15) is 16.7 Å². The summed E-state index contributed by atoms with van der Waals surface area (Å²) in [5.41, 5.74) is 0. The molecule has 3 aliphatic heterocycles. The van der Waals surface area contributed by atoms with E-state index in [-0.39, 0.29) is 47.7 Å². The molecule has 222 valence electrons. The second-order valence-corrected chi connectivity index (χ2v) is 13.3. The summed E-state index contributed by atoms with van der Waals surface area (Å²) < 4.78 is 38.0. The average Bonchev–Trinajstić information content (AvgIpc) is 3.68. The number of methoxy groups -OCH3 is 1. The van der Waals surface area contributed by atoms with Crippen LogP contribution >= 0.6 is 0 Å². The van der Waals surface area contributed by atoms with Gasteiger partial charge in [0.2, 0.25) is 5.91 Å². The Bertz CT molecular complexity index is 1320. The van der Waals surface area contributed by atoms with E-state index in [4.69, 9.17) is 9.47 Å². The maximum absolute atomic E-state index is 14.0. The smallest absolute Gasteiger partial charge is 0.409 e. The summed E-state index contributed by atoms with van der Waals surface area (Å²) in [5.74, 6) is -0.598. The molecule has 1 aromatic carbocycles. The van der Waals surface area contributed by atoms with Gasteiger partial charge in [-0.15, -0.1) is 0 Å². The van der Waals surface area contributed by atoms with Crippen LogP contribution in [0.2, 0.25) is 0 Å². The SMILES string of the molecule is CCOC(=O)N1CCC(N2CCC2C(=O)N2C[C@H](S(=O)(=O)c3ccccc3OC)C[C@H]2C(=O)N(C#N)C2CC2)CC1. The molecule has 3 atom stereocenters. The number of amides is 3. The molecule has 0 bridgehead atoms. The molecule has 41 heavy (non-hydrogen) atoms. The molecule has 3 heterocycles. The van der Waals surface area contributed by atoms with Crippen molar-refractivity contribution in [2.45, 2.75) is 79.8 Å². The Morgan fingerprint density at radius 3 is 2.34 bits per heavy atom. The van der Waals surface area contributed by atoms with Gasteiger partial charge in [-0.25, -0.2) is 18.1 Å². The van der Waals surface area contributed by atoms with Crippen molar-refractivity contribution in [3.63, 3.8) is 0 Å². The predicted octanol–water partition coefficient (Wildman–Crippen LogP) is 1.61. The van der Waals surface area contributed by atoms with Crippen LogP contribution in [0.3, 0.4) is 0 Å². The Labute approximate surface area is 240 Å². The molecule has 4 aliphatic rings. The summed E-state index contributed by atoms with van der Waals surface area (Å²) in [6.07, 6.45) is 4.96. The highest BCUT2D eigenvalue weighted by molar-refractivity contribution is 7.92. The van der Waals surface area contributed by atoms with Crippen molar-refractivity contribution in [2.24, 2.45) is 0 Å². The first kappa shape index (κ1) is 29.1. The lowest BCUT2D eigenvalue weighted by Gasteiger charge is -2.48. The zero-order valence-electron chi connectivity index (χ0n) is 23.5. The summed E-state index contributed by atoms with van der Waals surface area (Å²) >= 11 is 0. The van der Waals surface area contributed by atoms with Gasteiger partial charge in [0, 0.05) is 38.3 Å². The highest BCUT2D eigenvalue weighted by atomic mass is 32.2. The highest BCUT2D eigenvalue weighted by Gasteiger charge is 2.52. The highest BCUT2D eigenvalue weighted by Crippen LogP contribution is 2.37. The third-order valence-electron chi connectivity index (χ3n) is 8.71. The second-order valence-electron chi connectivity index (χ2n) is 11.1. The van der Waals surface area contributed by atoms with Crippen molar-refractivity contribution >= 4 is 27.7 Å². The molecular weight excluding hydrogens is 550 g/mol. The topological polar surface area (TPSA) is 141 Å². The zero-order chi connectivity index (χ0) is 29.3. The van der Waals surface area contributed by atoms with Crippen molar-refractivity contribution in [2.75, 3.05) is 39.9 Å². The van der Waals surface area contributed by atoms with Crippen molar-refractivity contribution in [3.8, 4) is 11.9 Å². The van der Waals surface area contributed by atoms with Crippen molar-refractivity contribution in [3.05, 3.63) is 24.3 Å². The minimum absolute atomic E-state index is 0.0194. The lowest BCUT2D eigenvalue weighted by atomic mass is 9.93. The molecule has 13 heteroatoms. The van der Waals surface area contributed by atoms with Crippen LogP contribution < -0.4 is 4.74 Å². The van der Waals surface area contributed by atoms with Crippen LogP contribution in [-0.2, 0) is 24.2 Å². The molecule has 12 nitrogen and oxygen atoms in total. The molecule has 3 amide bonds. The molecule has 5 rings (SSSR count). The van der Waals surface area contributed by atoms with Crippen LogP contribution in [-0.4, -0.2) is 115 Å². The maximum atomic E-state index is 14.0. The number of carbonyl (C=O) groups is 3. The third-order valence-corrected chi connectivity index (χ3v) is 10.9. The number of hydrogen-bond donors (Lipinski definition) is 0. The Balaban J connectivity index is 1.35. The first-order valence-corrected chi connectivity index (χ1v) is 15.8. The Hall–Kier alpha value is -3.37. The largest absolute Gasteiger partial charge is 0.495 e. The lowest BCUT2D eigenvalue weighted by molar-refractivity contribution is -0.150.